The normalized spacial score (nSPS) is 19.6. The zero-order valence-corrected chi connectivity index (χ0v) is 21.5. The number of nitrogens with one attached hydrogen (secondary N) is 4. The summed E-state index contributed by atoms with van der Waals surface area (Å²) in [5, 5.41) is 9.83. The first-order chi connectivity index (χ1) is 17.7. The number of benzene rings is 1. The van der Waals surface area contributed by atoms with Crippen molar-refractivity contribution in [1.82, 2.24) is 30.7 Å². The molecule has 2 atom stereocenters. The van der Waals surface area contributed by atoms with Crippen LogP contribution in [0.15, 0.2) is 30.5 Å². The highest BCUT2D eigenvalue weighted by molar-refractivity contribution is 5.93. The molecule has 5 amide bonds. The van der Waals surface area contributed by atoms with E-state index in [4.69, 9.17) is 5.73 Å². The van der Waals surface area contributed by atoms with Gasteiger partial charge in [-0.1, -0.05) is 18.2 Å². The molecule has 6 N–H and O–H groups in total. The number of H-pyrrole nitrogens is 1. The molecule has 11 heteroatoms. The van der Waals surface area contributed by atoms with Crippen LogP contribution in [0.2, 0.25) is 0 Å². The molecule has 11 nitrogen and oxygen atoms in total. The second-order valence-electron chi connectivity index (χ2n) is 10.1. The summed E-state index contributed by atoms with van der Waals surface area (Å²) in [6.07, 6.45) is 3.41. The van der Waals surface area contributed by atoms with E-state index in [0.717, 1.165) is 29.6 Å². The number of fused-ring (bicyclic) bond motifs is 1. The molecule has 1 aromatic carbocycles. The predicted octanol–water partition coefficient (Wildman–Crippen LogP) is 0.311. The van der Waals surface area contributed by atoms with E-state index in [1.807, 2.05) is 38.1 Å². The maximum atomic E-state index is 13.6. The fourth-order valence-electron chi connectivity index (χ4n) is 5.11. The lowest BCUT2D eigenvalue weighted by atomic mass is 9.95. The molecule has 2 saturated heterocycles. The second-order valence-corrected chi connectivity index (χ2v) is 10.1. The number of aromatic amines is 1. The third kappa shape index (κ3) is 6.22. The molecular weight excluding hydrogens is 474 g/mol. The summed E-state index contributed by atoms with van der Waals surface area (Å²) < 4.78 is 0. The van der Waals surface area contributed by atoms with E-state index in [-0.39, 0.29) is 43.4 Å². The van der Waals surface area contributed by atoms with E-state index in [9.17, 15) is 19.2 Å². The van der Waals surface area contributed by atoms with E-state index in [1.54, 1.807) is 16.0 Å². The lowest BCUT2D eigenvalue weighted by Gasteiger charge is -2.42. The van der Waals surface area contributed by atoms with E-state index >= 15 is 0 Å². The van der Waals surface area contributed by atoms with Crippen molar-refractivity contribution in [3.63, 3.8) is 0 Å². The van der Waals surface area contributed by atoms with Crippen LogP contribution in [-0.2, 0) is 20.8 Å². The van der Waals surface area contributed by atoms with E-state index in [0.29, 0.717) is 19.4 Å². The Morgan fingerprint density at radius 3 is 2.51 bits per heavy atom. The van der Waals surface area contributed by atoms with Crippen molar-refractivity contribution in [3.8, 4) is 0 Å². The average Bonchev–Trinajstić information content (AvgIpc) is 3.30. The third-order valence-corrected chi connectivity index (χ3v) is 7.11. The topological polar surface area (TPSA) is 153 Å². The fraction of sp³-hybridized carbons (Fsp3) is 0.538. The number of nitrogens with zero attached hydrogens (tertiary/aromatic N) is 2. The van der Waals surface area contributed by atoms with Crippen molar-refractivity contribution in [2.75, 3.05) is 32.7 Å². The Balaban J connectivity index is 1.53. The molecule has 2 unspecified atom stereocenters. The van der Waals surface area contributed by atoms with Gasteiger partial charge < -0.3 is 36.5 Å². The van der Waals surface area contributed by atoms with Crippen molar-refractivity contribution in [3.05, 3.63) is 36.0 Å². The predicted molar refractivity (Wildman–Crippen MR) is 139 cm³/mol. The first-order valence-electron chi connectivity index (χ1n) is 13.0. The zero-order chi connectivity index (χ0) is 26.5. The van der Waals surface area contributed by atoms with Crippen molar-refractivity contribution in [2.24, 2.45) is 11.7 Å². The Morgan fingerprint density at radius 2 is 1.81 bits per heavy atom. The van der Waals surface area contributed by atoms with Crippen LogP contribution in [0.25, 0.3) is 10.9 Å². The zero-order valence-electron chi connectivity index (χ0n) is 21.5. The quantitative estimate of drug-likeness (QED) is 0.362. The number of rotatable bonds is 7. The summed E-state index contributed by atoms with van der Waals surface area (Å²) in [7, 11) is 0. The molecule has 2 aliphatic heterocycles. The average molecular weight is 512 g/mol. The fourth-order valence-corrected chi connectivity index (χ4v) is 5.11. The SMILES string of the molecule is CC(C)NC(=O)N1CCN(C(=O)C2CCNCC2)C(C(=O)NC(Cc2c[nH]c3ccccc23)C(N)=O)C1. The van der Waals surface area contributed by atoms with Crippen molar-refractivity contribution in [1.29, 1.82) is 0 Å². The van der Waals surface area contributed by atoms with Gasteiger partial charge in [-0.15, -0.1) is 0 Å². The Labute approximate surface area is 216 Å². The van der Waals surface area contributed by atoms with Crippen molar-refractivity contribution in [2.45, 2.75) is 51.2 Å². The Kier molecular flexibility index (Phi) is 8.32. The number of aromatic nitrogens is 1. The molecule has 200 valence electrons. The molecule has 2 aliphatic rings. The van der Waals surface area contributed by atoms with Gasteiger partial charge in [0.1, 0.15) is 12.1 Å². The van der Waals surface area contributed by atoms with Crippen LogP contribution < -0.4 is 21.7 Å². The van der Waals surface area contributed by atoms with E-state index in [1.165, 1.54) is 0 Å². The van der Waals surface area contributed by atoms with Gasteiger partial charge in [-0.2, -0.15) is 0 Å². The van der Waals surface area contributed by atoms with Gasteiger partial charge in [-0.05, 0) is 51.4 Å². The lowest BCUT2D eigenvalue weighted by molar-refractivity contribution is -0.147. The number of hydrogen-bond acceptors (Lipinski definition) is 5. The number of para-hydroxylation sites is 1. The first-order valence-corrected chi connectivity index (χ1v) is 13.0. The molecule has 0 bridgehead atoms. The molecule has 1 aromatic heterocycles. The van der Waals surface area contributed by atoms with Gasteiger partial charge in [-0.3, -0.25) is 14.4 Å². The van der Waals surface area contributed by atoms with Gasteiger partial charge in [0, 0.05) is 48.6 Å². The van der Waals surface area contributed by atoms with Gasteiger partial charge >= 0.3 is 6.03 Å². The highest BCUT2D eigenvalue weighted by Crippen LogP contribution is 2.22. The maximum absolute atomic E-state index is 13.6. The van der Waals surface area contributed by atoms with Crippen LogP contribution in [0, 0.1) is 5.92 Å². The number of hydrogen-bond donors (Lipinski definition) is 5. The van der Waals surface area contributed by atoms with Crippen LogP contribution in [0.1, 0.15) is 32.3 Å². The number of amides is 5. The Hall–Kier alpha value is -3.60. The number of carbonyl (C=O) groups is 4. The molecule has 4 rings (SSSR count). The molecular formula is C26H37N7O4. The van der Waals surface area contributed by atoms with Crippen LogP contribution >= 0.6 is 0 Å². The Bertz CT molecular complexity index is 1140. The molecule has 0 saturated carbocycles. The summed E-state index contributed by atoms with van der Waals surface area (Å²) in [5.74, 6) is -1.42. The number of piperidine rings is 1. The molecule has 0 radical (unpaired) electrons. The number of piperazine rings is 1. The van der Waals surface area contributed by atoms with E-state index in [2.05, 4.69) is 20.9 Å². The van der Waals surface area contributed by atoms with Crippen LogP contribution in [0.5, 0.6) is 0 Å². The largest absolute Gasteiger partial charge is 0.368 e. The van der Waals surface area contributed by atoms with E-state index < -0.39 is 23.9 Å². The minimum atomic E-state index is -0.970. The van der Waals surface area contributed by atoms with Gasteiger partial charge in [0.05, 0.1) is 6.54 Å². The highest BCUT2D eigenvalue weighted by atomic mass is 16.2. The summed E-state index contributed by atoms with van der Waals surface area (Å²) in [5.41, 5.74) is 7.46. The maximum Gasteiger partial charge on any atom is 0.317 e. The smallest absolute Gasteiger partial charge is 0.317 e. The summed E-state index contributed by atoms with van der Waals surface area (Å²) in [4.78, 5) is 58.4. The summed E-state index contributed by atoms with van der Waals surface area (Å²) >= 11 is 0. The third-order valence-electron chi connectivity index (χ3n) is 7.11. The Morgan fingerprint density at radius 1 is 1.08 bits per heavy atom. The highest BCUT2D eigenvalue weighted by Gasteiger charge is 2.40. The van der Waals surface area contributed by atoms with Crippen molar-refractivity contribution < 1.29 is 19.2 Å². The molecule has 37 heavy (non-hydrogen) atoms. The minimum absolute atomic E-state index is 0.0413. The summed E-state index contributed by atoms with van der Waals surface area (Å²) in [6, 6.07) is 5.44. The minimum Gasteiger partial charge on any atom is -0.368 e. The summed E-state index contributed by atoms with van der Waals surface area (Å²) in [6.45, 7) is 5.84. The standard InChI is InChI=1S/C26H37N7O4/c1-16(2)30-26(37)32-11-12-33(25(36)17-7-9-28-10-8-17)22(15-32)24(35)31-21(23(27)34)13-18-14-29-20-6-4-3-5-19(18)20/h3-6,14,16-17,21-22,28-29H,7-13,15H2,1-2H3,(H2,27,34)(H,30,37)(H,31,35). The molecule has 2 fully saturated rings. The monoisotopic (exact) mass is 511 g/mol. The van der Waals surface area contributed by atoms with Gasteiger partial charge in [-0.25, -0.2) is 4.79 Å². The molecule has 0 aliphatic carbocycles. The first kappa shape index (κ1) is 26.5. The number of primary amides is 1. The number of urea groups is 1. The second kappa shape index (κ2) is 11.6. The molecule has 2 aromatic rings. The number of carbonyl (C=O) groups excluding carboxylic acids is 4. The van der Waals surface area contributed by atoms with Crippen LogP contribution in [-0.4, -0.2) is 89.4 Å². The van der Waals surface area contributed by atoms with Gasteiger partial charge in [0.25, 0.3) is 0 Å². The van der Waals surface area contributed by atoms with Crippen LogP contribution in [0.3, 0.4) is 0 Å². The molecule has 0 spiro atoms. The van der Waals surface area contributed by atoms with Gasteiger partial charge in [0.15, 0.2) is 0 Å². The lowest BCUT2D eigenvalue weighted by Crippen LogP contribution is -2.65. The van der Waals surface area contributed by atoms with Gasteiger partial charge in [0.2, 0.25) is 17.7 Å². The number of nitrogens with two attached hydrogens (primary N) is 1. The van der Waals surface area contributed by atoms with Crippen molar-refractivity contribution >= 4 is 34.7 Å². The molecule has 3 heterocycles. The van der Waals surface area contributed by atoms with Crippen LogP contribution in [0.4, 0.5) is 4.79 Å².